The van der Waals surface area contributed by atoms with E-state index < -0.39 is 10.0 Å². The number of aromatic nitrogens is 1. The first-order valence-electron chi connectivity index (χ1n) is 8.45. The third-order valence-electron chi connectivity index (χ3n) is 3.76. The van der Waals surface area contributed by atoms with Crippen LogP contribution in [-0.4, -0.2) is 19.5 Å². The molecular formula is C18H19N3O5S2. The van der Waals surface area contributed by atoms with E-state index >= 15 is 0 Å². The maximum atomic E-state index is 12.4. The van der Waals surface area contributed by atoms with Crippen LogP contribution in [-0.2, 0) is 21.4 Å². The number of anilines is 1. The van der Waals surface area contributed by atoms with E-state index in [1.165, 1.54) is 12.3 Å². The molecule has 28 heavy (non-hydrogen) atoms. The lowest BCUT2D eigenvalue weighted by molar-refractivity contribution is -0.115. The maximum Gasteiger partial charge on any atom is 0.250 e. The van der Waals surface area contributed by atoms with Crippen molar-refractivity contribution in [3.05, 3.63) is 52.6 Å². The number of carbonyl (C=O) groups is 1. The SMILES string of the molecule is CCC(=O)Nc1c(C)noc1C=Cc1ccc(S(=O)(=O)NCc2ccco2)s1. The third-order valence-corrected chi connectivity index (χ3v) is 6.70. The molecule has 0 saturated carbocycles. The summed E-state index contributed by atoms with van der Waals surface area (Å²) < 4.78 is 37.8. The average Bonchev–Trinajstić information content (AvgIpc) is 3.41. The molecule has 8 nitrogen and oxygen atoms in total. The van der Waals surface area contributed by atoms with Crippen LogP contribution in [0, 0.1) is 6.92 Å². The number of amides is 1. The van der Waals surface area contributed by atoms with Gasteiger partial charge >= 0.3 is 0 Å². The molecule has 3 aromatic rings. The minimum Gasteiger partial charge on any atom is -0.468 e. The summed E-state index contributed by atoms with van der Waals surface area (Å²) in [5.41, 5.74) is 1.07. The maximum absolute atomic E-state index is 12.4. The molecule has 148 valence electrons. The number of nitrogens with zero attached hydrogens (tertiary/aromatic N) is 1. The molecule has 0 spiro atoms. The van der Waals surface area contributed by atoms with E-state index in [2.05, 4.69) is 15.2 Å². The fraction of sp³-hybridized carbons (Fsp3) is 0.222. The van der Waals surface area contributed by atoms with Crippen LogP contribution >= 0.6 is 11.3 Å². The number of hydrogen-bond acceptors (Lipinski definition) is 7. The molecule has 0 unspecified atom stereocenters. The Labute approximate surface area is 166 Å². The fourth-order valence-corrected chi connectivity index (χ4v) is 4.52. The molecule has 0 atom stereocenters. The van der Waals surface area contributed by atoms with Crippen molar-refractivity contribution in [1.29, 1.82) is 0 Å². The molecule has 10 heteroatoms. The third kappa shape index (κ3) is 4.77. The molecule has 0 bridgehead atoms. The number of aryl methyl sites for hydroxylation is 1. The summed E-state index contributed by atoms with van der Waals surface area (Å²) in [6.45, 7) is 3.56. The van der Waals surface area contributed by atoms with Crippen molar-refractivity contribution in [2.75, 3.05) is 5.32 Å². The van der Waals surface area contributed by atoms with Crippen LogP contribution in [0.1, 0.15) is 35.4 Å². The Morgan fingerprint density at radius 1 is 1.29 bits per heavy atom. The van der Waals surface area contributed by atoms with Gasteiger partial charge in [0.2, 0.25) is 15.9 Å². The van der Waals surface area contributed by atoms with Gasteiger partial charge in [0.1, 0.15) is 21.4 Å². The van der Waals surface area contributed by atoms with Crippen molar-refractivity contribution in [1.82, 2.24) is 9.88 Å². The van der Waals surface area contributed by atoms with Gasteiger partial charge in [-0.25, -0.2) is 13.1 Å². The molecule has 3 aromatic heterocycles. The molecule has 0 saturated heterocycles. The Hall–Kier alpha value is -2.69. The van der Waals surface area contributed by atoms with Gasteiger partial charge in [-0.3, -0.25) is 4.79 Å². The number of rotatable bonds is 8. The summed E-state index contributed by atoms with van der Waals surface area (Å²) in [5, 5.41) is 6.60. The normalized spacial score (nSPS) is 11.9. The zero-order valence-electron chi connectivity index (χ0n) is 15.3. The number of thiophene rings is 1. The number of furan rings is 1. The van der Waals surface area contributed by atoms with Crippen molar-refractivity contribution >= 4 is 45.1 Å². The van der Waals surface area contributed by atoms with Crippen molar-refractivity contribution in [2.24, 2.45) is 0 Å². The summed E-state index contributed by atoms with van der Waals surface area (Å²) in [5.74, 6) is 0.781. The second-order valence-electron chi connectivity index (χ2n) is 5.80. The van der Waals surface area contributed by atoms with Gasteiger partial charge in [0.15, 0.2) is 5.76 Å². The predicted molar refractivity (Wildman–Crippen MR) is 106 cm³/mol. The summed E-state index contributed by atoms with van der Waals surface area (Å²) in [4.78, 5) is 12.3. The van der Waals surface area contributed by atoms with Crippen LogP contribution in [0.25, 0.3) is 12.2 Å². The highest BCUT2D eigenvalue weighted by Crippen LogP contribution is 2.26. The van der Waals surface area contributed by atoms with Crippen LogP contribution in [0.4, 0.5) is 5.69 Å². The zero-order valence-corrected chi connectivity index (χ0v) is 16.9. The van der Waals surface area contributed by atoms with Crippen LogP contribution in [0.5, 0.6) is 0 Å². The smallest absolute Gasteiger partial charge is 0.250 e. The lowest BCUT2D eigenvalue weighted by Crippen LogP contribution is -2.22. The summed E-state index contributed by atoms with van der Waals surface area (Å²) in [6.07, 6.45) is 5.17. The Bertz CT molecular complexity index is 1080. The first kappa shape index (κ1) is 20.1. The fourth-order valence-electron chi connectivity index (χ4n) is 2.26. The quantitative estimate of drug-likeness (QED) is 0.574. The van der Waals surface area contributed by atoms with Gasteiger partial charge in [-0.1, -0.05) is 12.1 Å². The Morgan fingerprint density at radius 3 is 2.82 bits per heavy atom. The van der Waals surface area contributed by atoms with E-state index in [1.807, 2.05) is 0 Å². The topological polar surface area (TPSA) is 114 Å². The van der Waals surface area contributed by atoms with Gasteiger partial charge in [-0.05, 0) is 43.3 Å². The molecule has 3 heterocycles. The Morgan fingerprint density at radius 2 is 2.11 bits per heavy atom. The van der Waals surface area contributed by atoms with E-state index in [9.17, 15) is 13.2 Å². The molecule has 0 fully saturated rings. The predicted octanol–water partition coefficient (Wildman–Crippen LogP) is 3.63. The highest BCUT2D eigenvalue weighted by atomic mass is 32.2. The number of carbonyl (C=O) groups excluding carboxylic acids is 1. The zero-order chi connectivity index (χ0) is 20.1. The van der Waals surface area contributed by atoms with Gasteiger partial charge in [0.05, 0.1) is 12.8 Å². The Balaban J connectivity index is 1.71. The van der Waals surface area contributed by atoms with E-state index in [-0.39, 0.29) is 16.7 Å². The van der Waals surface area contributed by atoms with E-state index in [0.717, 1.165) is 11.3 Å². The second kappa shape index (κ2) is 8.55. The van der Waals surface area contributed by atoms with E-state index in [1.54, 1.807) is 44.2 Å². The highest BCUT2D eigenvalue weighted by Gasteiger charge is 2.17. The molecule has 0 aromatic carbocycles. The van der Waals surface area contributed by atoms with Crippen LogP contribution < -0.4 is 10.0 Å². The van der Waals surface area contributed by atoms with Gasteiger partial charge in [-0.2, -0.15) is 0 Å². The van der Waals surface area contributed by atoms with Gasteiger partial charge < -0.3 is 14.3 Å². The lowest BCUT2D eigenvalue weighted by Gasteiger charge is -2.02. The summed E-state index contributed by atoms with van der Waals surface area (Å²) >= 11 is 1.11. The first-order chi connectivity index (χ1) is 13.4. The van der Waals surface area contributed by atoms with Crippen LogP contribution in [0.2, 0.25) is 0 Å². The van der Waals surface area contributed by atoms with Crippen LogP contribution in [0.15, 0.2) is 43.7 Å². The second-order valence-corrected chi connectivity index (χ2v) is 8.91. The average molecular weight is 422 g/mol. The molecule has 3 rings (SSSR count). The van der Waals surface area contributed by atoms with Crippen molar-refractivity contribution in [2.45, 2.75) is 31.0 Å². The molecular weight excluding hydrogens is 402 g/mol. The monoisotopic (exact) mass is 421 g/mol. The molecule has 0 aliphatic rings. The van der Waals surface area contributed by atoms with Crippen molar-refractivity contribution in [3.63, 3.8) is 0 Å². The number of hydrogen-bond donors (Lipinski definition) is 2. The number of sulfonamides is 1. The molecule has 1 amide bonds. The standard InChI is InChI=1S/C18H19N3O5S2/c1-3-16(22)20-18-12(2)21-26-15(18)8-6-14-7-9-17(27-14)28(23,24)19-11-13-5-4-10-25-13/h4-10,19H,3,11H2,1-2H3,(H,20,22). The Kier molecular flexibility index (Phi) is 6.12. The lowest BCUT2D eigenvalue weighted by atomic mass is 10.2. The van der Waals surface area contributed by atoms with Crippen molar-refractivity contribution in [3.8, 4) is 0 Å². The van der Waals surface area contributed by atoms with Gasteiger partial charge in [0, 0.05) is 11.3 Å². The summed E-state index contributed by atoms with van der Waals surface area (Å²) in [6, 6.07) is 6.61. The highest BCUT2D eigenvalue weighted by molar-refractivity contribution is 7.91. The van der Waals surface area contributed by atoms with Gasteiger partial charge in [0.25, 0.3) is 0 Å². The number of nitrogens with one attached hydrogen (secondary N) is 2. The van der Waals surface area contributed by atoms with Crippen LogP contribution in [0.3, 0.4) is 0 Å². The minimum absolute atomic E-state index is 0.0796. The molecule has 0 aliphatic carbocycles. The van der Waals surface area contributed by atoms with Gasteiger partial charge in [-0.15, -0.1) is 11.3 Å². The van der Waals surface area contributed by atoms with Crippen molar-refractivity contribution < 1.29 is 22.2 Å². The molecule has 0 radical (unpaired) electrons. The molecule has 2 N–H and O–H groups in total. The van der Waals surface area contributed by atoms with E-state index in [4.69, 9.17) is 8.94 Å². The largest absolute Gasteiger partial charge is 0.468 e. The molecule has 0 aliphatic heterocycles. The first-order valence-corrected chi connectivity index (χ1v) is 10.7. The minimum atomic E-state index is -3.64. The van der Waals surface area contributed by atoms with E-state index in [0.29, 0.717) is 34.2 Å². The summed E-state index contributed by atoms with van der Waals surface area (Å²) in [7, 11) is -3.64.